The highest BCUT2D eigenvalue weighted by Gasteiger charge is 2.41. The Morgan fingerprint density at radius 3 is 2.69 bits per heavy atom. The molecule has 2 aliphatic heterocycles. The highest BCUT2D eigenvalue weighted by Crippen LogP contribution is 2.45. The third-order valence-electron chi connectivity index (χ3n) is 9.25. The summed E-state index contributed by atoms with van der Waals surface area (Å²) in [4.78, 5) is 42.3. The number of carbonyl (C=O) groups excluding carboxylic acids is 1. The van der Waals surface area contributed by atoms with Gasteiger partial charge >= 0.3 is 5.97 Å². The first-order valence-electron chi connectivity index (χ1n) is 14.1. The van der Waals surface area contributed by atoms with Gasteiger partial charge < -0.3 is 25.2 Å². The fourth-order valence-corrected chi connectivity index (χ4v) is 6.97. The van der Waals surface area contributed by atoms with Crippen molar-refractivity contribution in [1.82, 2.24) is 19.9 Å². The molecule has 3 atom stereocenters. The summed E-state index contributed by atoms with van der Waals surface area (Å²) in [6.07, 6.45) is 6.11. The van der Waals surface area contributed by atoms with Gasteiger partial charge in [0.1, 0.15) is 11.2 Å². The molecule has 4 aromatic rings. The van der Waals surface area contributed by atoms with Gasteiger partial charge in [0.25, 0.3) is 0 Å². The molecule has 216 valence electrons. The van der Waals surface area contributed by atoms with Crippen molar-refractivity contribution in [2.24, 2.45) is 5.92 Å². The van der Waals surface area contributed by atoms with Crippen LogP contribution >= 0.6 is 0 Å². The standard InChI is InChI=1S/C31H30F2N6O3/c1-14-4-5-17(31(41)42)29(40)18-8-16(10-35-26(14)18)19-11-36-30-24(23-25(33)20(32)9-21(34-2)27(23)37-30)28(19)39-7-6-15-12-38(3)22(15)13-39/h5,8-11,14-15,22,34H,4,6-7,12-13H2,1-3H3,(H,36,37)(H,41,42)/t14?,15?,22-/m0/s1. The number of ketones is 1. The molecule has 1 aromatic carbocycles. The summed E-state index contributed by atoms with van der Waals surface area (Å²) in [5.74, 6) is -3.39. The van der Waals surface area contributed by atoms with Crippen molar-refractivity contribution in [2.75, 3.05) is 43.9 Å². The summed E-state index contributed by atoms with van der Waals surface area (Å²) in [7, 11) is 3.73. The Morgan fingerprint density at radius 1 is 1.14 bits per heavy atom. The average Bonchev–Trinajstić information content (AvgIpc) is 3.32. The van der Waals surface area contributed by atoms with Gasteiger partial charge in [0, 0.05) is 73.8 Å². The number of H-pyrrole nitrogens is 1. The van der Waals surface area contributed by atoms with Crippen LogP contribution in [0.1, 0.15) is 41.7 Å². The second-order valence-electron chi connectivity index (χ2n) is 11.6. The quantitative estimate of drug-likeness (QED) is 0.295. The lowest BCUT2D eigenvalue weighted by atomic mass is 9.82. The number of piperidine rings is 1. The number of fused-ring (bicyclic) bond motifs is 5. The van der Waals surface area contributed by atoms with E-state index in [1.807, 2.05) is 6.92 Å². The summed E-state index contributed by atoms with van der Waals surface area (Å²) in [5, 5.41) is 13.2. The van der Waals surface area contributed by atoms with Gasteiger partial charge in [-0.05, 0) is 31.9 Å². The predicted octanol–water partition coefficient (Wildman–Crippen LogP) is 4.94. The first kappa shape index (κ1) is 26.5. The molecule has 0 amide bonds. The molecule has 11 heteroatoms. The van der Waals surface area contributed by atoms with E-state index >= 15 is 4.39 Å². The van der Waals surface area contributed by atoms with Crippen molar-refractivity contribution < 1.29 is 23.5 Å². The van der Waals surface area contributed by atoms with E-state index in [0.29, 0.717) is 76.2 Å². The fourth-order valence-electron chi connectivity index (χ4n) is 6.97. The van der Waals surface area contributed by atoms with Crippen molar-refractivity contribution in [2.45, 2.75) is 31.7 Å². The van der Waals surface area contributed by atoms with E-state index in [4.69, 9.17) is 0 Å². The molecule has 9 nitrogen and oxygen atoms in total. The van der Waals surface area contributed by atoms with Crippen LogP contribution in [0.4, 0.5) is 20.2 Å². The monoisotopic (exact) mass is 572 g/mol. The van der Waals surface area contributed by atoms with Gasteiger partial charge in [0.05, 0.1) is 33.4 Å². The van der Waals surface area contributed by atoms with Crippen LogP contribution in [-0.4, -0.2) is 76.5 Å². The Kier molecular flexibility index (Phi) is 6.05. The lowest BCUT2D eigenvalue weighted by Crippen LogP contribution is -2.62. The zero-order valence-electron chi connectivity index (χ0n) is 23.5. The van der Waals surface area contributed by atoms with E-state index in [-0.39, 0.29) is 22.4 Å². The van der Waals surface area contributed by atoms with E-state index in [1.54, 1.807) is 25.5 Å². The van der Waals surface area contributed by atoms with Gasteiger partial charge in [-0.25, -0.2) is 18.6 Å². The Balaban J connectivity index is 1.50. The minimum atomic E-state index is -1.28. The number of carboxylic acids is 1. The molecule has 3 aliphatic rings. The Morgan fingerprint density at radius 2 is 1.95 bits per heavy atom. The number of nitrogens with zero attached hydrogens (tertiary/aromatic N) is 4. The molecular weight excluding hydrogens is 542 g/mol. The highest BCUT2D eigenvalue weighted by atomic mass is 19.2. The Hall–Kier alpha value is -4.38. The molecule has 42 heavy (non-hydrogen) atoms. The van der Waals surface area contributed by atoms with Gasteiger partial charge in [0.2, 0.25) is 5.78 Å². The minimum absolute atomic E-state index is 0.103. The van der Waals surface area contributed by atoms with E-state index in [2.05, 4.69) is 37.1 Å². The maximum absolute atomic E-state index is 15.7. The van der Waals surface area contributed by atoms with E-state index in [9.17, 15) is 19.1 Å². The summed E-state index contributed by atoms with van der Waals surface area (Å²) in [6.45, 7) is 4.34. The number of likely N-dealkylation sites (N-methyl/N-ethyl adjacent to an activating group) is 1. The lowest BCUT2D eigenvalue weighted by molar-refractivity contribution is -0.132. The molecule has 0 radical (unpaired) electrons. The molecular formula is C31H30F2N6O3. The zero-order chi connectivity index (χ0) is 29.4. The molecule has 3 aromatic heterocycles. The smallest absolute Gasteiger partial charge is 0.339 e. The first-order chi connectivity index (χ1) is 20.2. The van der Waals surface area contributed by atoms with Gasteiger partial charge in [-0.15, -0.1) is 0 Å². The number of Topliss-reactive ketones (excluding diaryl/α,β-unsaturated/α-hetero) is 1. The Labute approximate surface area is 240 Å². The zero-order valence-corrected chi connectivity index (χ0v) is 23.5. The van der Waals surface area contributed by atoms with Crippen molar-refractivity contribution >= 4 is 45.1 Å². The molecule has 0 bridgehead atoms. The topological polar surface area (TPSA) is 114 Å². The largest absolute Gasteiger partial charge is 0.478 e. The summed E-state index contributed by atoms with van der Waals surface area (Å²) in [6, 6.07) is 3.12. The predicted molar refractivity (Wildman–Crippen MR) is 156 cm³/mol. The Bertz CT molecular complexity index is 1850. The number of rotatable bonds is 4. The fraction of sp³-hybridized carbons (Fsp3) is 0.355. The van der Waals surface area contributed by atoms with Gasteiger partial charge in [-0.1, -0.05) is 13.0 Å². The summed E-state index contributed by atoms with van der Waals surface area (Å²) < 4.78 is 30.6. The number of anilines is 2. The van der Waals surface area contributed by atoms with Gasteiger partial charge in [0.15, 0.2) is 11.6 Å². The number of aliphatic carboxylic acids is 1. The molecule has 2 saturated heterocycles. The first-order valence-corrected chi connectivity index (χ1v) is 14.1. The minimum Gasteiger partial charge on any atom is -0.478 e. The number of hydrogen-bond donors (Lipinski definition) is 3. The van der Waals surface area contributed by atoms with E-state index in [1.165, 1.54) is 6.08 Å². The molecule has 3 N–H and O–H groups in total. The van der Waals surface area contributed by atoms with Crippen LogP contribution in [0.2, 0.25) is 0 Å². The van der Waals surface area contributed by atoms with Crippen molar-refractivity contribution in [3.05, 3.63) is 59.1 Å². The van der Waals surface area contributed by atoms with Crippen LogP contribution in [0, 0.1) is 17.6 Å². The third-order valence-corrected chi connectivity index (χ3v) is 9.25. The van der Waals surface area contributed by atoms with E-state index in [0.717, 1.165) is 19.0 Å². The molecule has 2 fully saturated rings. The van der Waals surface area contributed by atoms with Crippen LogP contribution in [-0.2, 0) is 4.79 Å². The molecule has 7 rings (SSSR count). The number of aromatic nitrogens is 3. The number of likely N-dealkylation sites (tertiary alicyclic amines) is 1. The number of hydrogen-bond acceptors (Lipinski definition) is 7. The second-order valence-corrected chi connectivity index (χ2v) is 11.6. The molecule has 0 saturated carbocycles. The molecule has 1 aliphatic carbocycles. The van der Waals surface area contributed by atoms with Crippen LogP contribution in [0.5, 0.6) is 0 Å². The summed E-state index contributed by atoms with van der Waals surface area (Å²) >= 11 is 0. The van der Waals surface area contributed by atoms with Crippen molar-refractivity contribution in [3.63, 3.8) is 0 Å². The van der Waals surface area contributed by atoms with Crippen LogP contribution in [0.25, 0.3) is 33.1 Å². The number of carboxylic acid groups (broad SMARTS) is 1. The van der Waals surface area contributed by atoms with Crippen molar-refractivity contribution in [3.8, 4) is 11.1 Å². The maximum atomic E-state index is 15.7. The number of allylic oxidation sites excluding steroid dienone is 1. The van der Waals surface area contributed by atoms with Gasteiger partial charge in [-0.3, -0.25) is 9.78 Å². The van der Waals surface area contributed by atoms with Crippen LogP contribution < -0.4 is 10.2 Å². The van der Waals surface area contributed by atoms with E-state index < -0.39 is 23.4 Å². The number of aromatic amines is 1. The lowest BCUT2D eigenvalue weighted by Gasteiger charge is -2.52. The molecule has 0 spiro atoms. The average molecular weight is 573 g/mol. The summed E-state index contributed by atoms with van der Waals surface area (Å²) in [5.41, 5.74) is 3.55. The number of pyridine rings is 2. The maximum Gasteiger partial charge on any atom is 0.339 e. The molecule has 2 unspecified atom stereocenters. The van der Waals surface area contributed by atoms with Gasteiger partial charge in [-0.2, -0.15) is 0 Å². The third kappa shape index (κ3) is 3.83. The number of benzene rings is 1. The van der Waals surface area contributed by atoms with Crippen LogP contribution in [0.15, 0.2) is 36.2 Å². The second kappa shape index (κ2) is 9.59. The SMILES string of the molecule is CNc1cc(F)c(F)c2c1[nH]c1ncc(-c3cnc4c(c3)C(=O)C(C(=O)O)=CCC4C)c(N3CCC4CN(C)[C@H]4C3)c12. The van der Waals surface area contributed by atoms with Crippen molar-refractivity contribution in [1.29, 1.82) is 0 Å². The number of nitrogens with one attached hydrogen (secondary N) is 2. The molecule has 5 heterocycles. The number of carbonyl (C=O) groups is 2. The van der Waals surface area contributed by atoms with Crippen LogP contribution in [0.3, 0.4) is 0 Å². The highest BCUT2D eigenvalue weighted by molar-refractivity contribution is 6.25. The number of halogens is 2. The normalized spacial score (nSPS) is 22.4.